The second-order valence-corrected chi connectivity index (χ2v) is 9.36. The minimum absolute atomic E-state index is 0.0355. The number of amides is 2. The van der Waals surface area contributed by atoms with Crippen molar-refractivity contribution in [2.24, 2.45) is 0 Å². The van der Waals surface area contributed by atoms with Gasteiger partial charge in [0.2, 0.25) is 0 Å². The normalized spacial score (nSPS) is 12.8. The van der Waals surface area contributed by atoms with E-state index in [1.54, 1.807) is 30.3 Å². The van der Waals surface area contributed by atoms with Crippen LogP contribution in [0.4, 0.5) is 26.7 Å². The number of halogens is 6. The van der Waals surface area contributed by atoms with Crippen LogP contribution in [-0.2, 0) is 12.0 Å². The van der Waals surface area contributed by atoms with Crippen molar-refractivity contribution in [1.82, 2.24) is 15.6 Å². The van der Waals surface area contributed by atoms with E-state index in [4.69, 9.17) is 16.9 Å². The number of nitrogens with one attached hydrogen (secondary N) is 2. The average Bonchev–Trinajstić information content (AvgIpc) is 2.90. The van der Waals surface area contributed by atoms with E-state index in [1.807, 2.05) is 6.07 Å². The lowest BCUT2D eigenvalue weighted by atomic mass is 9.80. The first-order valence-corrected chi connectivity index (χ1v) is 12.7. The number of pyridine rings is 1. The number of carbonyl (C=O) groups is 1. The van der Waals surface area contributed by atoms with E-state index in [9.17, 15) is 26.7 Å². The van der Waals surface area contributed by atoms with Gasteiger partial charge in [0.25, 0.3) is 0 Å². The summed E-state index contributed by atoms with van der Waals surface area (Å²) in [6.07, 6.45) is -5.44. The number of alkyl halides is 4. The van der Waals surface area contributed by atoms with Crippen molar-refractivity contribution in [2.75, 3.05) is 6.54 Å². The standard InChI is InChI=1S/C28H26ClF5N4O2/c29-21-10-11-24(37-18-21)27(17-19-8-4-3-5-9-19,38-26(39)36-13-7-2-1-6-12-35)20-14-22(30)16-23(15-20)40-28(33,34)25(31)32/h3-5,8-11,14-16,18,25H,1-2,6-7,13,17H2,(H2,36,38,39)/t27-/m0/s1. The zero-order chi connectivity index (χ0) is 29.2. The molecule has 2 N–H and O–H groups in total. The Morgan fingerprint density at radius 2 is 1.82 bits per heavy atom. The molecule has 0 bridgehead atoms. The first-order valence-electron chi connectivity index (χ1n) is 12.3. The van der Waals surface area contributed by atoms with E-state index in [2.05, 4.69) is 20.4 Å². The topological polar surface area (TPSA) is 87.0 Å². The highest BCUT2D eigenvalue weighted by Crippen LogP contribution is 2.37. The molecule has 0 aliphatic rings. The summed E-state index contributed by atoms with van der Waals surface area (Å²) in [5.74, 6) is -1.94. The minimum Gasteiger partial charge on any atom is -0.428 e. The van der Waals surface area contributed by atoms with Crippen LogP contribution in [0, 0.1) is 17.1 Å². The Morgan fingerprint density at radius 3 is 2.48 bits per heavy atom. The van der Waals surface area contributed by atoms with Gasteiger partial charge in [-0.3, -0.25) is 4.98 Å². The number of carbonyl (C=O) groups excluding carboxylic acids is 1. The quantitative estimate of drug-likeness (QED) is 0.169. The number of ether oxygens (including phenoxy) is 1. The summed E-state index contributed by atoms with van der Waals surface area (Å²) in [7, 11) is 0. The molecule has 3 rings (SSSR count). The summed E-state index contributed by atoms with van der Waals surface area (Å²) in [5.41, 5.74) is -0.949. The predicted molar refractivity (Wildman–Crippen MR) is 139 cm³/mol. The highest BCUT2D eigenvalue weighted by atomic mass is 35.5. The lowest BCUT2D eigenvalue weighted by Gasteiger charge is -2.36. The average molecular weight is 581 g/mol. The number of hydrogen-bond donors (Lipinski definition) is 2. The van der Waals surface area contributed by atoms with Gasteiger partial charge in [0.15, 0.2) is 0 Å². The Morgan fingerprint density at radius 1 is 1.07 bits per heavy atom. The molecule has 0 radical (unpaired) electrons. The van der Waals surface area contributed by atoms with E-state index in [-0.39, 0.29) is 29.2 Å². The molecule has 1 aromatic heterocycles. The molecule has 0 aliphatic heterocycles. The lowest BCUT2D eigenvalue weighted by molar-refractivity contribution is -0.253. The van der Waals surface area contributed by atoms with Crippen molar-refractivity contribution >= 4 is 17.6 Å². The highest BCUT2D eigenvalue weighted by molar-refractivity contribution is 6.30. The van der Waals surface area contributed by atoms with Crippen molar-refractivity contribution in [3.05, 3.63) is 94.5 Å². The Labute approximate surface area is 233 Å². The maximum atomic E-state index is 14.8. The fourth-order valence-corrected chi connectivity index (χ4v) is 4.18. The van der Waals surface area contributed by atoms with Crippen molar-refractivity contribution in [1.29, 1.82) is 5.26 Å². The van der Waals surface area contributed by atoms with Gasteiger partial charge in [0.1, 0.15) is 17.1 Å². The molecular formula is C28H26ClF5N4O2. The summed E-state index contributed by atoms with van der Waals surface area (Å²) in [6, 6.07) is 15.5. The fraction of sp³-hybridized carbons (Fsp3) is 0.321. The van der Waals surface area contributed by atoms with E-state index in [0.717, 1.165) is 12.1 Å². The number of urea groups is 1. The van der Waals surface area contributed by atoms with Gasteiger partial charge in [0, 0.05) is 31.6 Å². The van der Waals surface area contributed by atoms with Crippen LogP contribution in [0.2, 0.25) is 5.02 Å². The summed E-state index contributed by atoms with van der Waals surface area (Å²) >= 11 is 6.03. The first-order chi connectivity index (χ1) is 19.1. The number of aromatic nitrogens is 1. The molecule has 2 aromatic carbocycles. The van der Waals surface area contributed by atoms with E-state index in [1.165, 1.54) is 18.3 Å². The van der Waals surface area contributed by atoms with Crippen LogP contribution in [0.25, 0.3) is 0 Å². The van der Waals surface area contributed by atoms with Gasteiger partial charge in [-0.1, -0.05) is 48.4 Å². The molecule has 12 heteroatoms. The molecule has 3 aromatic rings. The van der Waals surface area contributed by atoms with Gasteiger partial charge in [-0.15, -0.1) is 0 Å². The van der Waals surface area contributed by atoms with Crippen LogP contribution in [0.1, 0.15) is 42.5 Å². The van der Waals surface area contributed by atoms with Crippen molar-refractivity contribution in [3.8, 4) is 11.8 Å². The predicted octanol–water partition coefficient (Wildman–Crippen LogP) is 6.98. The van der Waals surface area contributed by atoms with Gasteiger partial charge < -0.3 is 15.4 Å². The molecule has 1 heterocycles. The Balaban J connectivity index is 2.09. The Kier molecular flexibility index (Phi) is 10.7. The Bertz CT molecular complexity index is 1310. The lowest BCUT2D eigenvalue weighted by Crippen LogP contribution is -2.52. The Hall–Kier alpha value is -3.91. The zero-order valence-corrected chi connectivity index (χ0v) is 21.9. The second kappa shape index (κ2) is 13.9. The van der Waals surface area contributed by atoms with E-state index >= 15 is 0 Å². The largest absolute Gasteiger partial charge is 0.461 e. The molecule has 6 nitrogen and oxygen atoms in total. The van der Waals surface area contributed by atoms with Crippen molar-refractivity contribution in [3.63, 3.8) is 0 Å². The summed E-state index contributed by atoms with van der Waals surface area (Å²) in [5, 5.41) is 14.4. The molecule has 212 valence electrons. The van der Waals surface area contributed by atoms with Gasteiger partial charge in [-0.05, 0) is 48.2 Å². The highest BCUT2D eigenvalue weighted by Gasteiger charge is 2.45. The van der Waals surface area contributed by atoms with Crippen molar-refractivity contribution in [2.45, 2.75) is 50.2 Å². The third-order valence-corrected chi connectivity index (χ3v) is 6.15. The third kappa shape index (κ3) is 8.29. The number of hydrogen-bond acceptors (Lipinski definition) is 4. The van der Waals surface area contributed by atoms with Crippen LogP contribution in [0.3, 0.4) is 0 Å². The monoisotopic (exact) mass is 580 g/mol. The number of nitriles is 1. The molecule has 0 saturated heterocycles. The summed E-state index contributed by atoms with van der Waals surface area (Å²) in [6.45, 7) is 0.255. The molecule has 40 heavy (non-hydrogen) atoms. The van der Waals surface area contributed by atoms with Crippen LogP contribution in [0.15, 0.2) is 66.9 Å². The van der Waals surface area contributed by atoms with Gasteiger partial charge in [-0.2, -0.15) is 22.8 Å². The van der Waals surface area contributed by atoms with Crippen LogP contribution >= 0.6 is 11.6 Å². The molecule has 0 spiro atoms. The van der Waals surface area contributed by atoms with Crippen LogP contribution in [-0.4, -0.2) is 30.1 Å². The summed E-state index contributed by atoms with van der Waals surface area (Å²) in [4.78, 5) is 17.5. The van der Waals surface area contributed by atoms with E-state index < -0.39 is 35.7 Å². The minimum atomic E-state index is -4.89. The van der Waals surface area contributed by atoms with Crippen LogP contribution in [0.5, 0.6) is 5.75 Å². The second-order valence-electron chi connectivity index (χ2n) is 8.92. The maximum absolute atomic E-state index is 14.8. The molecule has 0 unspecified atom stereocenters. The van der Waals surface area contributed by atoms with Gasteiger partial charge >= 0.3 is 18.6 Å². The molecule has 2 amide bonds. The van der Waals surface area contributed by atoms with E-state index in [0.29, 0.717) is 37.3 Å². The third-order valence-electron chi connectivity index (χ3n) is 5.93. The molecule has 0 saturated carbocycles. The molecule has 1 atom stereocenters. The number of unbranched alkanes of at least 4 members (excludes halogenated alkanes) is 3. The van der Waals surface area contributed by atoms with Crippen LogP contribution < -0.4 is 15.4 Å². The number of benzene rings is 2. The van der Waals surface area contributed by atoms with Gasteiger partial charge in [-0.25, -0.2) is 9.18 Å². The number of nitrogens with zero attached hydrogens (tertiary/aromatic N) is 2. The molecule has 0 aliphatic carbocycles. The first kappa shape index (κ1) is 30.6. The van der Waals surface area contributed by atoms with Gasteiger partial charge in [0.05, 0.1) is 16.8 Å². The smallest absolute Gasteiger partial charge is 0.428 e. The van der Waals surface area contributed by atoms with Crippen molar-refractivity contribution < 1.29 is 31.5 Å². The SMILES string of the molecule is N#CCCCCCNC(=O)N[C@@](Cc1ccccc1)(c1cc(F)cc(OC(F)(F)C(F)F)c1)c1ccc(Cl)cn1. The fourth-order valence-electron chi connectivity index (χ4n) is 4.07. The summed E-state index contributed by atoms with van der Waals surface area (Å²) < 4.78 is 72.2. The molecular weight excluding hydrogens is 555 g/mol. The molecule has 0 fully saturated rings. The number of rotatable bonds is 13. The zero-order valence-electron chi connectivity index (χ0n) is 21.1. The maximum Gasteiger partial charge on any atom is 0.461 e.